The number of esters is 1. The molecule has 1 amide bonds. The number of piperazine rings is 1. The maximum Gasteiger partial charge on any atom is 0.312 e. The Kier molecular flexibility index (Phi) is 5.27. The molecule has 5 nitrogen and oxygen atoms in total. The zero-order chi connectivity index (χ0) is 15.2. The van der Waals surface area contributed by atoms with Crippen LogP contribution in [0.15, 0.2) is 24.3 Å². The van der Waals surface area contributed by atoms with Gasteiger partial charge < -0.3 is 15.0 Å². The summed E-state index contributed by atoms with van der Waals surface area (Å²) >= 11 is 0. The summed E-state index contributed by atoms with van der Waals surface area (Å²) < 4.78 is 18.2. The molecule has 1 unspecified atom stereocenters. The predicted octanol–water partition coefficient (Wildman–Crippen LogP) is -0.338. The van der Waals surface area contributed by atoms with Crippen LogP contribution in [0.4, 0.5) is 4.39 Å². The molecule has 0 spiro atoms. The van der Waals surface area contributed by atoms with E-state index in [1.165, 1.54) is 12.1 Å². The molecule has 2 N–H and O–H groups in total. The van der Waals surface area contributed by atoms with Gasteiger partial charge >= 0.3 is 5.97 Å². The van der Waals surface area contributed by atoms with Crippen molar-refractivity contribution in [2.45, 2.75) is 25.9 Å². The van der Waals surface area contributed by atoms with Crippen LogP contribution in [0.2, 0.25) is 0 Å². The van der Waals surface area contributed by atoms with Gasteiger partial charge in [-0.2, -0.15) is 0 Å². The first-order valence-corrected chi connectivity index (χ1v) is 7.12. The molecule has 0 aliphatic carbocycles. The topological polar surface area (TPSA) is 59.8 Å². The second-order valence-corrected chi connectivity index (χ2v) is 5.07. The minimum absolute atomic E-state index is 0.0460. The zero-order valence-electron chi connectivity index (χ0n) is 12.0. The summed E-state index contributed by atoms with van der Waals surface area (Å²) in [6, 6.07) is 5.83. The third-order valence-electron chi connectivity index (χ3n) is 3.55. The van der Waals surface area contributed by atoms with Gasteiger partial charge in [-0.25, -0.2) is 4.39 Å². The molecule has 114 valence electrons. The van der Waals surface area contributed by atoms with E-state index in [0.29, 0.717) is 26.2 Å². The van der Waals surface area contributed by atoms with Crippen molar-refractivity contribution in [3.8, 4) is 0 Å². The summed E-state index contributed by atoms with van der Waals surface area (Å²) in [5.41, 5.74) is 0.813. The average molecular weight is 295 g/mol. The summed E-state index contributed by atoms with van der Waals surface area (Å²) in [4.78, 5) is 24.6. The Morgan fingerprint density at radius 2 is 2.33 bits per heavy atom. The fraction of sp³-hybridized carbons (Fsp3) is 0.467. The number of carbonyl (C=O) groups is 2. The number of rotatable bonds is 5. The highest BCUT2D eigenvalue weighted by atomic mass is 19.1. The fourth-order valence-corrected chi connectivity index (χ4v) is 2.57. The van der Waals surface area contributed by atoms with Crippen LogP contribution < -0.4 is 10.2 Å². The van der Waals surface area contributed by atoms with E-state index in [0.717, 1.165) is 10.5 Å². The molecule has 0 saturated carbocycles. The third kappa shape index (κ3) is 4.26. The molecular formula is C15H20FN2O3+. The molecule has 0 aromatic heterocycles. The number of nitrogens with one attached hydrogen (secondary N) is 2. The molecule has 1 aromatic rings. The highest BCUT2D eigenvalue weighted by Gasteiger charge is 2.35. The van der Waals surface area contributed by atoms with Gasteiger partial charge in [0.1, 0.15) is 18.8 Å². The second-order valence-electron chi connectivity index (χ2n) is 5.07. The Morgan fingerprint density at radius 3 is 3.05 bits per heavy atom. The highest BCUT2D eigenvalue weighted by Crippen LogP contribution is 2.03. The van der Waals surface area contributed by atoms with Gasteiger partial charge in [0.15, 0.2) is 6.04 Å². The van der Waals surface area contributed by atoms with E-state index in [1.807, 2.05) is 6.07 Å². The molecule has 0 bridgehead atoms. The van der Waals surface area contributed by atoms with Gasteiger partial charge in [0.05, 0.1) is 19.7 Å². The summed E-state index contributed by atoms with van der Waals surface area (Å²) in [5.74, 6) is -0.827. The van der Waals surface area contributed by atoms with Gasteiger partial charge in [0.2, 0.25) is 0 Å². The normalized spacial score (nSPS) is 21.7. The number of benzene rings is 1. The van der Waals surface area contributed by atoms with Crippen LogP contribution in [0, 0.1) is 5.82 Å². The number of hydrogen-bond donors (Lipinski definition) is 2. The SMILES string of the molecule is CCOC(=O)C[C@H]1C(=O)NCC[NH+]1Cc1cccc(F)c1. The lowest BCUT2D eigenvalue weighted by atomic mass is 10.1. The van der Waals surface area contributed by atoms with E-state index >= 15 is 0 Å². The lowest BCUT2D eigenvalue weighted by molar-refractivity contribution is -0.930. The van der Waals surface area contributed by atoms with Gasteiger partial charge in [0, 0.05) is 5.56 Å². The number of quaternary nitrogens is 1. The maximum absolute atomic E-state index is 13.2. The molecule has 21 heavy (non-hydrogen) atoms. The largest absolute Gasteiger partial charge is 0.466 e. The van der Waals surface area contributed by atoms with Crippen LogP contribution in [0.5, 0.6) is 0 Å². The number of halogens is 1. The van der Waals surface area contributed by atoms with Gasteiger partial charge in [-0.1, -0.05) is 12.1 Å². The van der Waals surface area contributed by atoms with Crippen molar-refractivity contribution in [3.63, 3.8) is 0 Å². The van der Waals surface area contributed by atoms with Crippen LogP contribution in [-0.2, 0) is 20.9 Å². The number of ether oxygens (including phenoxy) is 1. The molecule has 1 heterocycles. The van der Waals surface area contributed by atoms with Crippen LogP contribution in [0.3, 0.4) is 0 Å². The van der Waals surface area contributed by atoms with Crippen molar-refractivity contribution in [1.29, 1.82) is 0 Å². The monoisotopic (exact) mass is 295 g/mol. The van der Waals surface area contributed by atoms with Crippen LogP contribution in [0.25, 0.3) is 0 Å². The Balaban J connectivity index is 2.07. The van der Waals surface area contributed by atoms with E-state index < -0.39 is 6.04 Å². The second kappa shape index (κ2) is 7.17. The third-order valence-corrected chi connectivity index (χ3v) is 3.55. The average Bonchev–Trinajstić information content (AvgIpc) is 2.43. The van der Waals surface area contributed by atoms with E-state index in [2.05, 4.69) is 5.32 Å². The first-order chi connectivity index (χ1) is 10.1. The fourth-order valence-electron chi connectivity index (χ4n) is 2.57. The van der Waals surface area contributed by atoms with Crippen molar-refractivity contribution in [2.24, 2.45) is 0 Å². The Labute approximate surface area is 123 Å². The first-order valence-electron chi connectivity index (χ1n) is 7.12. The van der Waals surface area contributed by atoms with Crippen molar-refractivity contribution in [2.75, 3.05) is 19.7 Å². The summed E-state index contributed by atoms with van der Waals surface area (Å²) in [5, 5.41) is 2.77. The Morgan fingerprint density at radius 1 is 1.52 bits per heavy atom. The summed E-state index contributed by atoms with van der Waals surface area (Å²) in [6.45, 7) is 3.80. The highest BCUT2D eigenvalue weighted by molar-refractivity contribution is 5.85. The van der Waals surface area contributed by atoms with Crippen molar-refractivity contribution < 1.29 is 23.6 Å². The van der Waals surface area contributed by atoms with Gasteiger partial charge in [-0.05, 0) is 19.1 Å². The lowest BCUT2D eigenvalue weighted by Gasteiger charge is -2.31. The molecule has 1 fully saturated rings. The maximum atomic E-state index is 13.2. The predicted molar refractivity (Wildman–Crippen MR) is 74.0 cm³/mol. The van der Waals surface area contributed by atoms with E-state index in [9.17, 15) is 14.0 Å². The molecule has 1 aliphatic heterocycles. The molecule has 0 radical (unpaired) electrons. The van der Waals surface area contributed by atoms with E-state index in [-0.39, 0.29) is 24.1 Å². The minimum Gasteiger partial charge on any atom is -0.466 e. The van der Waals surface area contributed by atoms with E-state index in [4.69, 9.17) is 4.74 Å². The Bertz CT molecular complexity index is 521. The molecule has 6 heteroatoms. The van der Waals surface area contributed by atoms with Gasteiger partial charge in [0.25, 0.3) is 5.91 Å². The minimum atomic E-state index is -0.485. The quantitative estimate of drug-likeness (QED) is 0.731. The zero-order valence-corrected chi connectivity index (χ0v) is 12.0. The van der Waals surface area contributed by atoms with Crippen molar-refractivity contribution >= 4 is 11.9 Å². The first kappa shape index (κ1) is 15.4. The standard InChI is InChI=1S/C15H19FN2O3/c1-2-21-14(19)9-13-15(20)17-6-7-18(13)10-11-4-3-5-12(16)8-11/h3-5,8,13H,2,6-7,9-10H2,1H3,(H,17,20)/p+1/t13-/m0/s1. The number of hydrogen-bond acceptors (Lipinski definition) is 3. The van der Waals surface area contributed by atoms with Crippen molar-refractivity contribution in [3.05, 3.63) is 35.6 Å². The molecule has 1 aliphatic rings. The smallest absolute Gasteiger partial charge is 0.312 e. The van der Waals surface area contributed by atoms with Crippen LogP contribution in [-0.4, -0.2) is 37.6 Å². The van der Waals surface area contributed by atoms with Gasteiger partial charge in [-0.3, -0.25) is 9.59 Å². The number of carbonyl (C=O) groups excluding carboxylic acids is 2. The number of amides is 1. The van der Waals surface area contributed by atoms with Gasteiger partial charge in [-0.15, -0.1) is 0 Å². The lowest BCUT2D eigenvalue weighted by Crippen LogP contribution is -3.18. The Hall–Kier alpha value is -1.95. The summed E-state index contributed by atoms with van der Waals surface area (Å²) in [6.07, 6.45) is 0.0460. The van der Waals surface area contributed by atoms with E-state index in [1.54, 1.807) is 13.0 Å². The van der Waals surface area contributed by atoms with Crippen molar-refractivity contribution in [1.82, 2.24) is 5.32 Å². The van der Waals surface area contributed by atoms with Crippen LogP contribution >= 0.6 is 0 Å². The molecule has 1 saturated heterocycles. The molecule has 2 atom stereocenters. The summed E-state index contributed by atoms with van der Waals surface area (Å²) in [7, 11) is 0. The van der Waals surface area contributed by atoms with Crippen LogP contribution in [0.1, 0.15) is 18.9 Å². The molecular weight excluding hydrogens is 275 g/mol. The molecule has 1 aromatic carbocycles. The molecule has 2 rings (SSSR count).